The van der Waals surface area contributed by atoms with Crippen molar-refractivity contribution in [1.82, 2.24) is 0 Å². The topological polar surface area (TPSA) is 0 Å². The third-order valence-corrected chi connectivity index (χ3v) is 11.7. The fourth-order valence-corrected chi connectivity index (χ4v) is 8.49. The molecule has 1 aliphatic carbocycles. The third kappa shape index (κ3) is 9.51. The third-order valence-electron chi connectivity index (χ3n) is 11.7. The van der Waals surface area contributed by atoms with E-state index in [0.29, 0.717) is 0 Å². The maximum absolute atomic E-state index is 2.38. The van der Waals surface area contributed by atoms with Crippen LogP contribution in [0.15, 0.2) is 193 Å². The van der Waals surface area contributed by atoms with Crippen LogP contribution in [0.2, 0.25) is 0 Å². The monoisotopic (exact) mass is 778 g/mol. The van der Waals surface area contributed by atoms with Crippen molar-refractivity contribution in [2.75, 3.05) is 0 Å². The second-order valence-electron chi connectivity index (χ2n) is 16.1. The number of fused-ring (bicyclic) bond motifs is 3. The minimum Gasteiger partial charge on any atom is -0.0651 e. The average molecular weight is 779 g/mol. The maximum Gasteiger partial charge on any atom is -0.00237 e. The molecule has 7 aromatic carbocycles. The number of benzene rings is 7. The van der Waals surface area contributed by atoms with Gasteiger partial charge in [0.1, 0.15) is 0 Å². The van der Waals surface area contributed by atoms with Crippen molar-refractivity contribution in [1.29, 1.82) is 0 Å². The van der Waals surface area contributed by atoms with Crippen molar-refractivity contribution in [2.45, 2.75) is 67.7 Å². The predicted molar refractivity (Wildman–Crippen MR) is 264 cm³/mol. The molecule has 0 saturated carbocycles. The first-order chi connectivity index (χ1) is 29.2. The van der Waals surface area contributed by atoms with Crippen LogP contribution in [-0.4, -0.2) is 0 Å². The lowest BCUT2D eigenvalue weighted by molar-refractivity contribution is 0.923. The summed E-state index contributed by atoms with van der Waals surface area (Å²) >= 11 is 0. The molecule has 0 heteroatoms. The SMILES string of the molecule is CCCc1ccccc1-c1cc(C(/C=C(C)/C=C(C)/C=C\c2ccccc2C)=C/C=C(\CC)c2ccccc2)ccc1C.Cc1ccc2c3c(cccc13)-c1ccccc1-2. The van der Waals surface area contributed by atoms with E-state index >= 15 is 0 Å². The summed E-state index contributed by atoms with van der Waals surface area (Å²) in [6.07, 6.45) is 16.8. The fourth-order valence-electron chi connectivity index (χ4n) is 8.49. The number of allylic oxidation sites excluding steroid dienone is 9. The molecular weight excluding hydrogens is 721 g/mol. The first kappa shape index (κ1) is 41.7. The van der Waals surface area contributed by atoms with Crippen molar-refractivity contribution in [3.8, 4) is 33.4 Å². The van der Waals surface area contributed by atoms with Crippen LogP contribution >= 0.6 is 0 Å². The van der Waals surface area contributed by atoms with Crippen molar-refractivity contribution in [2.24, 2.45) is 0 Å². The van der Waals surface area contributed by atoms with Crippen LogP contribution in [0.25, 0.3) is 61.4 Å². The summed E-state index contributed by atoms with van der Waals surface area (Å²) < 4.78 is 0. The van der Waals surface area contributed by atoms with Gasteiger partial charge in [-0.2, -0.15) is 0 Å². The van der Waals surface area contributed by atoms with Crippen LogP contribution in [0.1, 0.15) is 79.5 Å². The lowest BCUT2D eigenvalue weighted by Crippen LogP contribution is -1.93. The quantitative estimate of drug-likeness (QED) is 0.115. The van der Waals surface area contributed by atoms with Gasteiger partial charge in [0, 0.05) is 0 Å². The first-order valence-corrected chi connectivity index (χ1v) is 21.6. The van der Waals surface area contributed by atoms with E-state index in [2.05, 4.69) is 237 Å². The van der Waals surface area contributed by atoms with E-state index in [9.17, 15) is 0 Å². The molecule has 60 heavy (non-hydrogen) atoms. The number of aryl methyl sites for hydroxylation is 4. The Labute approximate surface area is 359 Å². The van der Waals surface area contributed by atoms with Gasteiger partial charge in [-0.1, -0.05) is 213 Å². The highest BCUT2D eigenvalue weighted by molar-refractivity contribution is 6.15. The van der Waals surface area contributed by atoms with Gasteiger partial charge >= 0.3 is 0 Å². The van der Waals surface area contributed by atoms with Crippen LogP contribution < -0.4 is 0 Å². The minimum absolute atomic E-state index is 0.975. The lowest BCUT2D eigenvalue weighted by Gasteiger charge is -2.14. The molecule has 298 valence electrons. The molecule has 0 radical (unpaired) electrons. The Kier molecular flexibility index (Phi) is 13.5. The van der Waals surface area contributed by atoms with Gasteiger partial charge < -0.3 is 0 Å². The summed E-state index contributed by atoms with van der Waals surface area (Å²) in [6.45, 7) is 15.4. The van der Waals surface area contributed by atoms with Crippen LogP contribution in [0.5, 0.6) is 0 Å². The van der Waals surface area contributed by atoms with E-state index in [1.165, 1.54) is 105 Å². The van der Waals surface area contributed by atoms with Crippen molar-refractivity contribution >= 4 is 28.0 Å². The van der Waals surface area contributed by atoms with Crippen LogP contribution in [0.4, 0.5) is 0 Å². The van der Waals surface area contributed by atoms with Crippen molar-refractivity contribution in [3.63, 3.8) is 0 Å². The molecule has 0 fully saturated rings. The van der Waals surface area contributed by atoms with Gasteiger partial charge in [0.25, 0.3) is 0 Å². The molecule has 0 atom stereocenters. The summed E-state index contributed by atoms with van der Waals surface area (Å²) in [7, 11) is 0. The summed E-state index contributed by atoms with van der Waals surface area (Å²) in [5, 5.41) is 2.81. The van der Waals surface area contributed by atoms with Gasteiger partial charge in [-0.25, -0.2) is 0 Å². The average Bonchev–Trinajstić information content (AvgIpc) is 3.60. The standard InChI is InChI=1S/C43H46.C17H12/c1-7-16-39-21-14-15-22-42(39)43-31-41(26-24-35(43)6)40(28-27-36(8-2)38-19-10-9-11-20-38)30-33(4)29-32(3)23-25-37-18-13-12-17-34(37)5;1-11-9-10-16-14-6-3-2-5-13(14)15-8-4-7-12(11)17(15)16/h9-15,17-31H,7-8,16H2,1-6H3;2-10H,1H3/b25-23-,32-29+,33-30+,36-27+,40-28+;. The summed E-state index contributed by atoms with van der Waals surface area (Å²) in [5.41, 5.74) is 22.3. The van der Waals surface area contributed by atoms with Gasteiger partial charge in [-0.05, 0) is 148 Å². The van der Waals surface area contributed by atoms with E-state index in [1.807, 2.05) is 0 Å². The molecule has 7 aromatic rings. The molecule has 8 rings (SSSR count). The molecule has 0 nitrogen and oxygen atoms in total. The lowest BCUT2D eigenvalue weighted by atomic mass is 9.90. The van der Waals surface area contributed by atoms with Gasteiger partial charge in [-0.15, -0.1) is 0 Å². The predicted octanol–water partition coefficient (Wildman–Crippen LogP) is 17.2. The zero-order valence-electron chi connectivity index (χ0n) is 36.5. The summed E-state index contributed by atoms with van der Waals surface area (Å²) in [6, 6.07) is 54.8. The molecule has 0 spiro atoms. The zero-order valence-corrected chi connectivity index (χ0v) is 36.5. The zero-order chi connectivity index (χ0) is 42.0. The van der Waals surface area contributed by atoms with E-state index in [-0.39, 0.29) is 0 Å². The Balaban J connectivity index is 0.000000262. The van der Waals surface area contributed by atoms with E-state index in [0.717, 1.165) is 19.3 Å². The molecule has 1 aliphatic rings. The normalized spacial score (nSPS) is 12.8. The molecule has 0 unspecified atom stereocenters. The highest BCUT2D eigenvalue weighted by Gasteiger charge is 2.20. The van der Waals surface area contributed by atoms with E-state index in [1.54, 1.807) is 0 Å². The highest BCUT2D eigenvalue weighted by atomic mass is 14.2. The molecule has 0 bridgehead atoms. The van der Waals surface area contributed by atoms with Crippen LogP contribution in [0.3, 0.4) is 0 Å². The molecule has 0 N–H and O–H groups in total. The Bertz CT molecular complexity index is 2750. The van der Waals surface area contributed by atoms with Crippen LogP contribution in [-0.2, 0) is 6.42 Å². The largest absolute Gasteiger partial charge is 0.0651 e. The van der Waals surface area contributed by atoms with E-state index < -0.39 is 0 Å². The Hall–Kier alpha value is -6.50. The Morgan fingerprint density at radius 3 is 1.87 bits per heavy atom. The Morgan fingerprint density at radius 1 is 0.483 bits per heavy atom. The molecule has 0 aromatic heterocycles. The highest BCUT2D eigenvalue weighted by Crippen LogP contribution is 2.47. The first-order valence-electron chi connectivity index (χ1n) is 21.6. The molecule has 0 saturated heterocycles. The molecular formula is C60H58. The summed E-state index contributed by atoms with van der Waals surface area (Å²) in [4.78, 5) is 0. The maximum atomic E-state index is 2.38. The second-order valence-corrected chi connectivity index (χ2v) is 16.1. The smallest absolute Gasteiger partial charge is 0.00237 e. The van der Waals surface area contributed by atoms with Gasteiger partial charge in [0.15, 0.2) is 0 Å². The number of rotatable bonds is 11. The van der Waals surface area contributed by atoms with E-state index in [4.69, 9.17) is 0 Å². The minimum atomic E-state index is 0.975. The summed E-state index contributed by atoms with van der Waals surface area (Å²) in [5.74, 6) is 0. The van der Waals surface area contributed by atoms with Gasteiger partial charge in [0.2, 0.25) is 0 Å². The molecule has 0 aliphatic heterocycles. The van der Waals surface area contributed by atoms with Gasteiger partial charge in [-0.3, -0.25) is 0 Å². The number of hydrogen-bond acceptors (Lipinski definition) is 0. The second kappa shape index (κ2) is 19.5. The molecule has 0 amide bonds. The Morgan fingerprint density at radius 2 is 1.13 bits per heavy atom. The van der Waals surface area contributed by atoms with Crippen molar-refractivity contribution < 1.29 is 0 Å². The fraction of sp³-hybridized carbons (Fsp3) is 0.167. The van der Waals surface area contributed by atoms with Gasteiger partial charge in [0.05, 0.1) is 0 Å². The number of hydrogen-bond donors (Lipinski definition) is 0. The molecule has 0 heterocycles. The van der Waals surface area contributed by atoms with Crippen molar-refractivity contribution in [3.05, 3.63) is 232 Å². The van der Waals surface area contributed by atoms with Crippen LogP contribution in [0, 0.1) is 20.8 Å².